The van der Waals surface area contributed by atoms with Crippen LogP contribution in [0.1, 0.15) is 28.3 Å². The van der Waals surface area contributed by atoms with Crippen molar-refractivity contribution in [2.45, 2.75) is 32.9 Å². The Balaban J connectivity index is 1.27. The number of rotatable bonds is 6. The summed E-state index contributed by atoms with van der Waals surface area (Å²) >= 11 is 3.34. The Morgan fingerprint density at radius 3 is 2.62 bits per heavy atom. The molecule has 4 heterocycles. The molecule has 12 heteroatoms. The molecule has 0 spiro atoms. The van der Waals surface area contributed by atoms with Crippen LogP contribution in [0.5, 0.6) is 0 Å². The van der Waals surface area contributed by atoms with Gasteiger partial charge in [-0.1, -0.05) is 12.1 Å². The lowest BCUT2D eigenvalue weighted by molar-refractivity contribution is -0.138. The first-order chi connectivity index (χ1) is 18.7. The fourth-order valence-electron chi connectivity index (χ4n) is 5.30. The van der Waals surface area contributed by atoms with Crippen molar-refractivity contribution in [3.05, 3.63) is 64.4 Å². The molecule has 1 aliphatic heterocycles. The number of nitrogens with one attached hydrogen (secondary N) is 1. The summed E-state index contributed by atoms with van der Waals surface area (Å²) in [4.78, 5) is 53.6. The van der Waals surface area contributed by atoms with Crippen molar-refractivity contribution in [3.8, 4) is 11.1 Å². The van der Waals surface area contributed by atoms with Crippen molar-refractivity contribution in [1.82, 2.24) is 29.6 Å². The fraction of sp³-hybridized carbons (Fsp3) is 0.296. The maximum atomic E-state index is 13.5. The third kappa shape index (κ3) is 4.65. The summed E-state index contributed by atoms with van der Waals surface area (Å²) in [5.74, 6) is 0.337. The zero-order valence-corrected chi connectivity index (χ0v) is 22.8. The van der Waals surface area contributed by atoms with E-state index in [4.69, 9.17) is 5.73 Å². The molecule has 3 atom stereocenters. The van der Waals surface area contributed by atoms with E-state index in [1.165, 1.54) is 4.68 Å². The maximum Gasteiger partial charge on any atom is 0.269 e. The van der Waals surface area contributed by atoms with E-state index in [1.807, 2.05) is 19.1 Å². The topological polar surface area (TPSA) is 149 Å². The summed E-state index contributed by atoms with van der Waals surface area (Å²) in [6.07, 6.45) is 4.32. The number of primary amides is 1. The number of aromatic nitrogens is 5. The second-order valence-corrected chi connectivity index (χ2v) is 10.9. The molecule has 3 unspecified atom stereocenters. The van der Waals surface area contributed by atoms with Crippen LogP contribution in [0.25, 0.3) is 22.0 Å². The first-order valence-corrected chi connectivity index (χ1v) is 13.3. The number of likely N-dealkylation sites (tertiary alicyclic amines) is 1. The third-order valence-corrected chi connectivity index (χ3v) is 7.87. The standard InChI is InChI=1S/C27H25BrN8O3/c1-13-3-6-21(28)32-26(13)33-27(39)24-18-8-16(18)11-35(24)22(37)12-36-20-5-4-15(17-9-30-14(2)31-10-17)7-19(20)23(34-36)25(29)38/h3-7,9-10,16,18,24H,8,11-12H2,1-2H3,(H2,29,38)(H,32,33,39). The van der Waals surface area contributed by atoms with E-state index in [9.17, 15) is 14.4 Å². The Kier molecular flexibility index (Phi) is 6.13. The normalized spacial score (nSPS) is 19.7. The lowest BCUT2D eigenvalue weighted by atomic mass is 10.1. The second-order valence-electron chi connectivity index (χ2n) is 10.1. The van der Waals surface area contributed by atoms with Gasteiger partial charge in [-0.25, -0.2) is 15.0 Å². The van der Waals surface area contributed by atoms with Crippen LogP contribution in [0.3, 0.4) is 0 Å². The van der Waals surface area contributed by atoms with Gasteiger partial charge < -0.3 is 16.0 Å². The van der Waals surface area contributed by atoms with Gasteiger partial charge >= 0.3 is 0 Å². The Morgan fingerprint density at radius 1 is 1.10 bits per heavy atom. The number of anilines is 1. The Hall–Kier alpha value is -4.19. The van der Waals surface area contributed by atoms with Gasteiger partial charge in [0.25, 0.3) is 5.91 Å². The van der Waals surface area contributed by atoms with E-state index >= 15 is 0 Å². The van der Waals surface area contributed by atoms with Crippen LogP contribution in [-0.4, -0.2) is 59.9 Å². The highest BCUT2D eigenvalue weighted by molar-refractivity contribution is 9.10. The number of aryl methyl sites for hydroxylation is 2. The summed E-state index contributed by atoms with van der Waals surface area (Å²) in [6.45, 7) is 4.04. The number of halogens is 1. The summed E-state index contributed by atoms with van der Waals surface area (Å²) in [5.41, 5.74) is 8.70. The molecule has 2 aliphatic rings. The number of piperidine rings is 1. The van der Waals surface area contributed by atoms with E-state index < -0.39 is 11.9 Å². The zero-order chi connectivity index (χ0) is 27.4. The summed E-state index contributed by atoms with van der Waals surface area (Å²) in [6, 6.07) is 8.53. The Bertz CT molecular complexity index is 1650. The molecule has 3 amide bonds. The number of carbonyl (C=O) groups excluding carboxylic acids is 3. The number of amides is 3. The van der Waals surface area contributed by atoms with Gasteiger partial charge in [-0.3, -0.25) is 19.1 Å². The highest BCUT2D eigenvalue weighted by Crippen LogP contribution is 2.50. The predicted octanol–water partition coefficient (Wildman–Crippen LogP) is 2.85. The molecule has 3 aromatic heterocycles. The van der Waals surface area contributed by atoms with Crippen molar-refractivity contribution in [3.63, 3.8) is 0 Å². The minimum Gasteiger partial charge on any atom is -0.364 e. The van der Waals surface area contributed by atoms with Gasteiger partial charge in [-0.05, 0) is 77.4 Å². The molecular formula is C27H25BrN8O3. The van der Waals surface area contributed by atoms with Crippen molar-refractivity contribution in [1.29, 1.82) is 0 Å². The number of hydrogen-bond acceptors (Lipinski definition) is 7. The average molecular weight is 589 g/mol. The van der Waals surface area contributed by atoms with E-state index in [2.05, 4.69) is 41.3 Å². The average Bonchev–Trinajstić information content (AvgIpc) is 3.41. The van der Waals surface area contributed by atoms with Crippen LogP contribution in [0.2, 0.25) is 0 Å². The van der Waals surface area contributed by atoms with Crippen LogP contribution in [-0.2, 0) is 16.1 Å². The molecule has 198 valence electrons. The predicted molar refractivity (Wildman–Crippen MR) is 146 cm³/mol. The minimum absolute atomic E-state index is 0.0717. The number of nitrogens with zero attached hydrogens (tertiary/aromatic N) is 6. The largest absolute Gasteiger partial charge is 0.364 e. The minimum atomic E-state index is -0.694. The molecule has 1 saturated heterocycles. The molecule has 11 nitrogen and oxygen atoms in total. The summed E-state index contributed by atoms with van der Waals surface area (Å²) < 4.78 is 2.09. The molecule has 6 rings (SSSR count). The Labute approximate surface area is 231 Å². The fourth-order valence-corrected chi connectivity index (χ4v) is 5.61. The molecule has 3 N–H and O–H groups in total. The molecule has 39 heavy (non-hydrogen) atoms. The summed E-state index contributed by atoms with van der Waals surface area (Å²) in [7, 11) is 0. The molecule has 1 saturated carbocycles. The smallest absolute Gasteiger partial charge is 0.269 e. The number of benzene rings is 1. The highest BCUT2D eigenvalue weighted by Gasteiger charge is 2.56. The van der Waals surface area contributed by atoms with Gasteiger partial charge in [0, 0.05) is 29.9 Å². The van der Waals surface area contributed by atoms with Crippen molar-refractivity contribution in [2.24, 2.45) is 17.6 Å². The SMILES string of the molecule is Cc1ncc(-c2ccc3c(c2)c(C(N)=O)nn3CC(=O)N2CC3CC3C2C(=O)Nc2nc(Br)ccc2C)cn1. The first-order valence-electron chi connectivity index (χ1n) is 12.5. The van der Waals surface area contributed by atoms with Crippen LogP contribution < -0.4 is 11.1 Å². The monoisotopic (exact) mass is 588 g/mol. The molecular weight excluding hydrogens is 564 g/mol. The maximum absolute atomic E-state index is 13.5. The molecule has 0 radical (unpaired) electrons. The van der Waals surface area contributed by atoms with Gasteiger partial charge in [0.1, 0.15) is 28.8 Å². The third-order valence-electron chi connectivity index (χ3n) is 7.43. The van der Waals surface area contributed by atoms with E-state index in [0.717, 1.165) is 23.1 Å². The van der Waals surface area contributed by atoms with E-state index in [1.54, 1.807) is 42.4 Å². The van der Waals surface area contributed by atoms with Crippen LogP contribution in [0.4, 0.5) is 5.82 Å². The lowest BCUT2D eigenvalue weighted by Crippen LogP contribution is -2.47. The molecule has 2 fully saturated rings. The van der Waals surface area contributed by atoms with Crippen molar-refractivity contribution < 1.29 is 14.4 Å². The van der Waals surface area contributed by atoms with Crippen LogP contribution >= 0.6 is 15.9 Å². The van der Waals surface area contributed by atoms with Crippen LogP contribution in [0.15, 0.2) is 47.3 Å². The van der Waals surface area contributed by atoms with Crippen molar-refractivity contribution >= 4 is 50.4 Å². The number of nitrogens with two attached hydrogens (primary N) is 1. The molecule has 0 bridgehead atoms. The van der Waals surface area contributed by atoms with Gasteiger partial charge in [0.05, 0.1) is 5.52 Å². The second kappa shape index (κ2) is 9.53. The number of pyridine rings is 1. The Morgan fingerprint density at radius 2 is 1.87 bits per heavy atom. The lowest BCUT2D eigenvalue weighted by Gasteiger charge is -2.27. The number of fused-ring (bicyclic) bond motifs is 2. The van der Waals surface area contributed by atoms with Gasteiger partial charge in [0.15, 0.2) is 5.69 Å². The highest BCUT2D eigenvalue weighted by atomic mass is 79.9. The zero-order valence-electron chi connectivity index (χ0n) is 21.3. The van der Waals surface area contributed by atoms with Crippen molar-refractivity contribution in [2.75, 3.05) is 11.9 Å². The quantitative estimate of drug-likeness (QED) is 0.329. The van der Waals surface area contributed by atoms with Crippen LogP contribution in [0, 0.1) is 25.7 Å². The van der Waals surface area contributed by atoms with Gasteiger partial charge in [-0.2, -0.15) is 5.10 Å². The van der Waals surface area contributed by atoms with Gasteiger partial charge in [0.2, 0.25) is 11.8 Å². The van der Waals surface area contributed by atoms with E-state index in [0.29, 0.717) is 39.6 Å². The van der Waals surface area contributed by atoms with Gasteiger partial charge in [-0.15, -0.1) is 0 Å². The number of hydrogen-bond donors (Lipinski definition) is 2. The first kappa shape index (κ1) is 25.1. The molecule has 1 aliphatic carbocycles. The molecule has 1 aromatic carbocycles. The number of carbonyl (C=O) groups is 3. The van der Waals surface area contributed by atoms with E-state index in [-0.39, 0.29) is 30.0 Å². The summed E-state index contributed by atoms with van der Waals surface area (Å²) in [5, 5.41) is 7.82. The molecule has 4 aromatic rings.